The average molecular weight is 324 g/mol. The van der Waals surface area contributed by atoms with Gasteiger partial charge in [0.25, 0.3) is 0 Å². The maximum Gasteiger partial charge on any atom is 0.132 e. The quantitative estimate of drug-likeness (QED) is 0.860. The van der Waals surface area contributed by atoms with Crippen LogP contribution in [0.1, 0.15) is 38.7 Å². The molecule has 2 aliphatic heterocycles. The van der Waals surface area contributed by atoms with Gasteiger partial charge in [0.15, 0.2) is 0 Å². The van der Waals surface area contributed by atoms with Gasteiger partial charge in [-0.15, -0.1) is 0 Å². The van der Waals surface area contributed by atoms with Crippen molar-refractivity contribution in [3.8, 4) is 0 Å². The van der Waals surface area contributed by atoms with Gasteiger partial charge in [0.1, 0.15) is 5.82 Å². The van der Waals surface area contributed by atoms with Crippen molar-refractivity contribution in [1.29, 1.82) is 0 Å². The number of hydrogen-bond acceptors (Lipinski definition) is 3. The highest BCUT2D eigenvalue weighted by Gasteiger charge is 2.35. The van der Waals surface area contributed by atoms with Crippen molar-refractivity contribution in [2.24, 2.45) is 0 Å². The molecule has 1 N–H and O–H groups in total. The van der Waals surface area contributed by atoms with E-state index in [9.17, 15) is 0 Å². The van der Waals surface area contributed by atoms with Gasteiger partial charge in [-0.05, 0) is 59.8 Å². The molecule has 0 aliphatic carbocycles. The van der Waals surface area contributed by atoms with Gasteiger partial charge in [0, 0.05) is 28.8 Å². The van der Waals surface area contributed by atoms with Crippen molar-refractivity contribution in [2.45, 2.75) is 44.6 Å². The van der Waals surface area contributed by atoms with Crippen molar-refractivity contribution in [3.05, 3.63) is 22.3 Å². The first-order valence-electron chi connectivity index (χ1n) is 7.21. The molecule has 4 heteroatoms. The van der Waals surface area contributed by atoms with Crippen LogP contribution in [0.2, 0.25) is 0 Å². The summed E-state index contributed by atoms with van der Waals surface area (Å²) in [5.74, 6) is 1.21. The summed E-state index contributed by atoms with van der Waals surface area (Å²) in [5, 5.41) is 3.45. The second-order valence-electron chi connectivity index (χ2n) is 6.33. The van der Waals surface area contributed by atoms with Crippen LogP contribution in [0.25, 0.3) is 0 Å². The minimum atomic E-state index is 0.232. The van der Waals surface area contributed by atoms with Crippen molar-refractivity contribution >= 4 is 21.7 Å². The minimum absolute atomic E-state index is 0.232. The lowest BCUT2D eigenvalue weighted by Crippen LogP contribution is -2.48. The zero-order valence-corrected chi connectivity index (χ0v) is 13.3. The molecular formula is C15H22BrN3. The first kappa shape index (κ1) is 13.4. The second-order valence-corrected chi connectivity index (χ2v) is 7.25. The van der Waals surface area contributed by atoms with E-state index in [0.717, 1.165) is 24.1 Å². The lowest BCUT2D eigenvalue weighted by molar-refractivity contribution is 0.381. The number of piperidine rings is 1. The van der Waals surface area contributed by atoms with Crippen molar-refractivity contribution in [1.82, 2.24) is 10.3 Å². The van der Waals surface area contributed by atoms with E-state index >= 15 is 0 Å². The largest absolute Gasteiger partial charge is 0.353 e. The summed E-state index contributed by atoms with van der Waals surface area (Å²) in [7, 11) is 0. The van der Waals surface area contributed by atoms with Crippen LogP contribution in [-0.2, 0) is 5.41 Å². The Hall–Kier alpha value is -0.610. The SMILES string of the molecule is CC1(C)CCN(C2CCNCC2)c2ncc(Br)cc21. The summed E-state index contributed by atoms with van der Waals surface area (Å²) in [6.45, 7) is 8.07. The van der Waals surface area contributed by atoms with Gasteiger partial charge < -0.3 is 10.2 Å². The zero-order valence-electron chi connectivity index (χ0n) is 11.7. The number of nitrogens with zero attached hydrogens (tertiary/aromatic N) is 2. The van der Waals surface area contributed by atoms with Gasteiger partial charge in [-0.25, -0.2) is 4.98 Å². The number of nitrogens with one attached hydrogen (secondary N) is 1. The number of fused-ring (bicyclic) bond motifs is 1. The normalized spacial score (nSPS) is 23.2. The monoisotopic (exact) mass is 323 g/mol. The Morgan fingerprint density at radius 1 is 1.37 bits per heavy atom. The maximum atomic E-state index is 4.73. The summed E-state index contributed by atoms with van der Waals surface area (Å²) >= 11 is 3.57. The van der Waals surface area contributed by atoms with Crippen LogP contribution in [0, 0.1) is 0 Å². The van der Waals surface area contributed by atoms with E-state index in [1.807, 2.05) is 6.20 Å². The standard InChI is InChI=1S/C15H22BrN3/c1-15(2)5-8-19(12-3-6-17-7-4-12)14-13(15)9-11(16)10-18-14/h9-10,12,17H,3-8H2,1-2H3. The van der Waals surface area contributed by atoms with E-state index in [0.29, 0.717) is 6.04 Å². The van der Waals surface area contributed by atoms with Gasteiger partial charge >= 0.3 is 0 Å². The zero-order chi connectivity index (χ0) is 13.5. The highest BCUT2D eigenvalue weighted by molar-refractivity contribution is 9.10. The molecule has 3 nitrogen and oxygen atoms in total. The van der Waals surface area contributed by atoms with Gasteiger partial charge in [-0.3, -0.25) is 0 Å². The molecule has 3 heterocycles. The molecule has 0 spiro atoms. The Bertz CT molecular complexity index is 466. The Labute approximate surface area is 123 Å². The van der Waals surface area contributed by atoms with Crippen LogP contribution in [0.5, 0.6) is 0 Å². The van der Waals surface area contributed by atoms with E-state index < -0.39 is 0 Å². The summed E-state index contributed by atoms with van der Waals surface area (Å²) in [4.78, 5) is 7.28. The molecule has 0 aromatic carbocycles. The topological polar surface area (TPSA) is 28.2 Å². The van der Waals surface area contributed by atoms with Crippen molar-refractivity contribution in [2.75, 3.05) is 24.5 Å². The van der Waals surface area contributed by atoms with Crippen LogP contribution in [0.15, 0.2) is 16.7 Å². The van der Waals surface area contributed by atoms with Crippen LogP contribution in [-0.4, -0.2) is 30.7 Å². The van der Waals surface area contributed by atoms with Gasteiger partial charge in [0.2, 0.25) is 0 Å². The Morgan fingerprint density at radius 3 is 2.84 bits per heavy atom. The van der Waals surface area contributed by atoms with E-state index in [1.165, 1.54) is 30.6 Å². The van der Waals surface area contributed by atoms with E-state index in [4.69, 9.17) is 4.98 Å². The molecule has 3 rings (SSSR count). The summed E-state index contributed by atoms with van der Waals surface area (Å²) in [5.41, 5.74) is 1.63. The molecule has 0 saturated carbocycles. The molecule has 0 bridgehead atoms. The molecule has 1 saturated heterocycles. The fourth-order valence-electron chi connectivity index (χ4n) is 3.27. The molecule has 1 fully saturated rings. The number of aromatic nitrogens is 1. The predicted octanol–water partition coefficient (Wildman–Crippen LogP) is 3.08. The lowest BCUT2D eigenvalue weighted by atomic mass is 9.78. The molecule has 104 valence electrons. The van der Waals surface area contributed by atoms with E-state index in [2.05, 4.69) is 46.1 Å². The van der Waals surface area contributed by atoms with E-state index in [-0.39, 0.29) is 5.41 Å². The third kappa shape index (κ3) is 2.52. The van der Waals surface area contributed by atoms with Crippen LogP contribution >= 0.6 is 15.9 Å². The third-order valence-corrected chi connectivity index (χ3v) is 5.00. The smallest absolute Gasteiger partial charge is 0.132 e. The van der Waals surface area contributed by atoms with Crippen LogP contribution in [0.4, 0.5) is 5.82 Å². The summed E-state index contributed by atoms with van der Waals surface area (Å²) < 4.78 is 1.09. The van der Waals surface area contributed by atoms with Crippen LogP contribution in [0.3, 0.4) is 0 Å². The molecule has 0 atom stereocenters. The fourth-order valence-corrected chi connectivity index (χ4v) is 3.60. The third-order valence-electron chi connectivity index (χ3n) is 4.56. The van der Waals surface area contributed by atoms with Crippen molar-refractivity contribution in [3.63, 3.8) is 0 Å². The molecule has 0 amide bonds. The van der Waals surface area contributed by atoms with Crippen molar-refractivity contribution < 1.29 is 0 Å². The second kappa shape index (κ2) is 5.06. The predicted molar refractivity (Wildman–Crippen MR) is 82.8 cm³/mol. The molecule has 1 aromatic heterocycles. The van der Waals surface area contributed by atoms with Gasteiger partial charge in [-0.2, -0.15) is 0 Å². The van der Waals surface area contributed by atoms with Gasteiger partial charge in [-0.1, -0.05) is 13.8 Å². The number of rotatable bonds is 1. The molecular weight excluding hydrogens is 302 g/mol. The number of anilines is 1. The first-order chi connectivity index (χ1) is 9.08. The lowest BCUT2D eigenvalue weighted by Gasteiger charge is -2.44. The summed E-state index contributed by atoms with van der Waals surface area (Å²) in [6.07, 6.45) is 5.62. The Kier molecular flexibility index (Phi) is 3.56. The Balaban J connectivity index is 1.97. The molecule has 19 heavy (non-hydrogen) atoms. The molecule has 2 aliphatic rings. The average Bonchev–Trinajstić information content (AvgIpc) is 2.41. The van der Waals surface area contributed by atoms with E-state index in [1.54, 1.807) is 0 Å². The number of pyridine rings is 1. The first-order valence-corrected chi connectivity index (χ1v) is 8.01. The van der Waals surface area contributed by atoms with Gasteiger partial charge in [0.05, 0.1) is 0 Å². The Morgan fingerprint density at radius 2 is 2.11 bits per heavy atom. The number of halogens is 1. The highest BCUT2D eigenvalue weighted by Crippen LogP contribution is 2.40. The summed E-state index contributed by atoms with van der Waals surface area (Å²) in [6, 6.07) is 2.92. The minimum Gasteiger partial charge on any atom is -0.353 e. The van der Waals surface area contributed by atoms with Crippen LogP contribution < -0.4 is 10.2 Å². The maximum absolute atomic E-state index is 4.73. The highest BCUT2D eigenvalue weighted by atomic mass is 79.9. The molecule has 0 radical (unpaired) electrons. The molecule has 1 aromatic rings. The number of hydrogen-bond donors (Lipinski definition) is 1. The fraction of sp³-hybridized carbons (Fsp3) is 0.667. The molecule has 0 unspecified atom stereocenters.